The molecule has 3 aliphatic carbocycles. The van der Waals surface area contributed by atoms with Crippen LogP contribution < -0.4 is 0 Å². The standard InChI is InChI=1S/C32H48O5/c1-28(2,3)30(6,7)37-24-15-12-17-31(8)23(24)20-25(33)32(35)18-16-22(29(32,4)5)19-26(31)36-27(34)21-13-10-9-11-14-21/h9-11,13-14,22-24,26,35H,12,15-20H2,1-8H3/t22-,23+,24+,26-,31-,32-/m1/s1. The molecule has 1 aromatic carbocycles. The van der Waals surface area contributed by atoms with Gasteiger partial charge in [-0.2, -0.15) is 0 Å². The van der Waals surface area contributed by atoms with Crippen molar-refractivity contribution >= 4 is 11.8 Å². The van der Waals surface area contributed by atoms with Gasteiger partial charge in [0.1, 0.15) is 11.7 Å². The van der Waals surface area contributed by atoms with Crippen LogP contribution in [0.25, 0.3) is 0 Å². The third-order valence-electron chi connectivity index (χ3n) is 11.1. The first-order valence-electron chi connectivity index (χ1n) is 14.2. The first kappa shape index (κ1) is 28.3. The Morgan fingerprint density at radius 2 is 1.65 bits per heavy atom. The molecule has 3 aliphatic rings. The van der Waals surface area contributed by atoms with Gasteiger partial charge in [0.15, 0.2) is 5.78 Å². The number of hydrogen-bond donors (Lipinski definition) is 1. The average molecular weight is 513 g/mol. The molecule has 206 valence electrons. The highest BCUT2D eigenvalue weighted by atomic mass is 16.5. The molecule has 1 N–H and O–H groups in total. The Morgan fingerprint density at radius 3 is 2.27 bits per heavy atom. The van der Waals surface area contributed by atoms with Crippen molar-refractivity contribution in [2.45, 2.75) is 124 Å². The van der Waals surface area contributed by atoms with Crippen LogP contribution in [0.4, 0.5) is 0 Å². The van der Waals surface area contributed by atoms with E-state index in [0.717, 1.165) is 25.7 Å². The lowest BCUT2D eigenvalue weighted by atomic mass is 9.60. The zero-order valence-electron chi connectivity index (χ0n) is 24.2. The summed E-state index contributed by atoms with van der Waals surface area (Å²) < 4.78 is 13.3. The fourth-order valence-corrected chi connectivity index (χ4v) is 7.12. The molecule has 0 amide bonds. The second-order valence-corrected chi connectivity index (χ2v) is 14.4. The number of aliphatic hydroxyl groups is 1. The first-order valence-corrected chi connectivity index (χ1v) is 14.2. The van der Waals surface area contributed by atoms with Crippen LogP contribution in [0.3, 0.4) is 0 Å². The maximum Gasteiger partial charge on any atom is 0.338 e. The molecule has 4 rings (SSSR count). The molecular weight excluding hydrogens is 464 g/mol. The fraction of sp³-hybridized carbons (Fsp3) is 0.750. The minimum atomic E-state index is -1.36. The Labute approximate surface area is 223 Å². The molecule has 0 spiro atoms. The molecule has 3 fully saturated rings. The summed E-state index contributed by atoms with van der Waals surface area (Å²) in [5.41, 5.74) is -2.36. The summed E-state index contributed by atoms with van der Waals surface area (Å²) in [5, 5.41) is 11.8. The number of carbonyl (C=O) groups is 2. The number of ether oxygens (including phenoxy) is 2. The van der Waals surface area contributed by atoms with Gasteiger partial charge in [-0.05, 0) is 69.4 Å². The lowest BCUT2D eigenvalue weighted by molar-refractivity contribution is -0.193. The molecule has 5 nitrogen and oxygen atoms in total. The molecule has 0 saturated heterocycles. The van der Waals surface area contributed by atoms with Gasteiger partial charge in [0, 0.05) is 23.2 Å². The number of hydrogen-bond acceptors (Lipinski definition) is 5. The number of Topliss-reactive ketones (excluding diaryl/α,β-unsaturated/α-hetero) is 1. The minimum absolute atomic E-state index is 0.0738. The average Bonchev–Trinajstić information content (AvgIpc) is 3.04. The van der Waals surface area contributed by atoms with E-state index in [2.05, 4.69) is 41.5 Å². The highest BCUT2D eigenvalue weighted by molar-refractivity contribution is 5.90. The van der Waals surface area contributed by atoms with Gasteiger partial charge in [-0.3, -0.25) is 4.79 Å². The van der Waals surface area contributed by atoms with Crippen LogP contribution >= 0.6 is 0 Å². The third-order valence-corrected chi connectivity index (χ3v) is 11.1. The SMILES string of the molecule is CC(C)(C)C(C)(C)O[C@H]1CCC[C@@]2(C)[C@H](OC(=O)c3ccccc3)C[C@H]3CC[C@@](O)(C(=O)C[C@@H]12)C3(C)C. The first-order chi connectivity index (χ1) is 17.0. The normalized spacial score (nSPS) is 36.2. The molecular formula is C32H48O5. The summed E-state index contributed by atoms with van der Waals surface area (Å²) in [5.74, 6) is -0.461. The molecule has 1 aromatic rings. The summed E-state index contributed by atoms with van der Waals surface area (Å²) in [4.78, 5) is 27.3. The summed E-state index contributed by atoms with van der Waals surface area (Å²) >= 11 is 0. The van der Waals surface area contributed by atoms with Crippen molar-refractivity contribution in [3.8, 4) is 0 Å². The molecule has 0 unspecified atom stereocenters. The zero-order chi connectivity index (χ0) is 27.4. The number of fused-ring (bicyclic) bond motifs is 3. The Hall–Kier alpha value is -1.72. The van der Waals surface area contributed by atoms with Crippen molar-refractivity contribution in [3.63, 3.8) is 0 Å². The molecule has 6 atom stereocenters. The van der Waals surface area contributed by atoms with E-state index in [9.17, 15) is 14.7 Å². The molecule has 0 radical (unpaired) electrons. The summed E-state index contributed by atoms with van der Waals surface area (Å²) in [6.45, 7) is 17.0. The van der Waals surface area contributed by atoms with E-state index in [1.165, 1.54) is 0 Å². The van der Waals surface area contributed by atoms with Crippen molar-refractivity contribution in [1.29, 1.82) is 0 Å². The Morgan fingerprint density at radius 1 is 1.00 bits per heavy atom. The molecule has 0 aromatic heterocycles. The van der Waals surface area contributed by atoms with Crippen LogP contribution in [0.15, 0.2) is 30.3 Å². The van der Waals surface area contributed by atoms with Crippen LogP contribution in [0.1, 0.15) is 111 Å². The van der Waals surface area contributed by atoms with Crippen molar-refractivity contribution in [2.24, 2.45) is 28.1 Å². The van der Waals surface area contributed by atoms with Gasteiger partial charge in [-0.25, -0.2) is 4.79 Å². The van der Waals surface area contributed by atoms with Gasteiger partial charge in [0.2, 0.25) is 0 Å². The van der Waals surface area contributed by atoms with E-state index < -0.39 is 22.0 Å². The van der Waals surface area contributed by atoms with Gasteiger partial charge >= 0.3 is 5.97 Å². The lowest BCUT2D eigenvalue weighted by Crippen LogP contribution is -2.55. The van der Waals surface area contributed by atoms with E-state index in [1.807, 2.05) is 32.0 Å². The zero-order valence-corrected chi connectivity index (χ0v) is 24.2. The van der Waals surface area contributed by atoms with Gasteiger partial charge in [-0.1, -0.05) is 66.2 Å². The lowest BCUT2D eigenvalue weighted by Gasteiger charge is -2.52. The van der Waals surface area contributed by atoms with E-state index in [1.54, 1.807) is 12.1 Å². The second-order valence-electron chi connectivity index (χ2n) is 14.4. The van der Waals surface area contributed by atoms with E-state index >= 15 is 0 Å². The van der Waals surface area contributed by atoms with Crippen LogP contribution in [0, 0.1) is 28.1 Å². The molecule has 2 bridgehead atoms. The molecule has 0 aliphatic heterocycles. The van der Waals surface area contributed by atoms with Crippen LogP contribution in [0.2, 0.25) is 0 Å². The summed E-state index contributed by atoms with van der Waals surface area (Å²) in [7, 11) is 0. The van der Waals surface area contributed by atoms with Crippen molar-refractivity contribution in [2.75, 3.05) is 0 Å². The van der Waals surface area contributed by atoms with Crippen LogP contribution in [-0.4, -0.2) is 40.3 Å². The number of ketones is 1. The maximum absolute atomic E-state index is 14.0. The highest BCUT2D eigenvalue weighted by Crippen LogP contribution is 2.59. The second kappa shape index (κ2) is 9.48. The number of benzene rings is 1. The predicted molar refractivity (Wildman–Crippen MR) is 145 cm³/mol. The monoisotopic (exact) mass is 512 g/mol. The van der Waals surface area contributed by atoms with Crippen LogP contribution in [-0.2, 0) is 14.3 Å². The van der Waals surface area contributed by atoms with E-state index in [0.29, 0.717) is 18.4 Å². The van der Waals surface area contributed by atoms with Crippen molar-refractivity contribution < 1.29 is 24.2 Å². The van der Waals surface area contributed by atoms with Crippen LogP contribution in [0.5, 0.6) is 0 Å². The minimum Gasteiger partial charge on any atom is -0.458 e. The smallest absolute Gasteiger partial charge is 0.338 e. The Kier molecular flexibility index (Phi) is 7.25. The Balaban J connectivity index is 1.77. The number of esters is 1. The fourth-order valence-electron chi connectivity index (χ4n) is 7.12. The van der Waals surface area contributed by atoms with Gasteiger partial charge < -0.3 is 14.6 Å². The highest BCUT2D eigenvalue weighted by Gasteiger charge is 2.62. The quantitative estimate of drug-likeness (QED) is 0.451. The molecule has 37 heavy (non-hydrogen) atoms. The summed E-state index contributed by atoms with van der Waals surface area (Å²) in [6, 6.07) is 9.17. The molecule has 5 heteroatoms. The topological polar surface area (TPSA) is 72.8 Å². The summed E-state index contributed by atoms with van der Waals surface area (Å²) in [6.07, 6.45) is 4.25. The van der Waals surface area contributed by atoms with E-state index in [4.69, 9.17) is 9.47 Å². The Bertz CT molecular complexity index is 1010. The number of carbonyl (C=O) groups excluding carboxylic acids is 2. The maximum atomic E-state index is 14.0. The van der Waals surface area contributed by atoms with Gasteiger partial charge in [0.05, 0.1) is 17.3 Å². The third kappa shape index (κ3) is 4.80. The number of rotatable bonds is 4. The van der Waals surface area contributed by atoms with E-state index in [-0.39, 0.29) is 47.6 Å². The molecule has 0 heterocycles. The van der Waals surface area contributed by atoms with Crippen molar-refractivity contribution in [1.82, 2.24) is 0 Å². The van der Waals surface area contributed by atoms with Gasteiger partial charge in [-0.15, -0.1) is 0 Å². The van der Waals surface area contributed by atoms with Gasteiger partial charge in [0.25, 0.3) is 0 Å². The largest absolute Gasteiger partial charge is 0.458 e. The molecule has 3 saturated carbocycles. The predicted octanol–water partition coefficient (Wildman–Crippen LogP) is 6.76. The van der Waals surface area contributed by atoms with Crippen molar-refractivity contribution in [3.05, 3.63) is 35.9 Å².